The summed E-state index contributed by atoms with van der Waals surface area (Å²) in [6.07, 6.45) is 4.52. The van der Waals surface area contributed by atoms with Gasteiger partial charge in [0.25, 0.3) is 5.56 Å². The van der Waals surface area contributed by atoms with Crippen LogP contribution < -0.4 is 10.9 Å². The molecule has 0 saturated carbocycles. The maximum atomic E-state index is 12.5. The second-order valence-corrected chi connectivity index (χ2v) is 8.36. The number of hydrogen-bond donors (Lipinski definition) is 2. The number of nitrogens with zero attached hydrogens (tertiary/aromatic N) is 2. The van der Waals surface area contributed by atoms with Crippen LogP contribution in [0.3, 0.4) is 0 Å². The Morgan fingerprint density at radius 3 is 2.72 bits per heavy atom. The van der Waals surface area contributed by atoms with Gasteiger partial charge in [0.1, 0.15) is 0 Å². The molecule has 7 nitrogen and oxygen atoms in total. The highest BCUT2D eigenvalue weighted by Crippen LogP contribution is 2.26. The molecular weight excluding hydrogens is 404 g/mol. The van der Waals surface area contributed by atoms with Crippen molar-refractivity contribution in [2.24, 2.45) is 0 Å². The highest BCUT2D eigenvalue weighted by molar-refractivity contribution is 5.95. The molecule has 1 aliphatic rings. The quantitative estimate of drug-likeness (QED) is 0.527. The Balaban J connectivity index is 1.33. The number of fused-ring (bicyclic) bond motifs is 1. The summed E-state index contributed by atoms with van der Waals surface area (Å²) < 4.78 is 5.43. The lowest BCUT2D eigenvalue weighted by Crippen LogP contribution is -2.37. The molecule has 2 heterocycles. The molecule has 168 valence electrons. The average molecular weight is 435 g/mol. The average Bonchev–Trinajstić information content (AvgIpc) is 2.83. The van der Waals surface area contributed by atoms with E-state index >= 15 is 0 Å². The molecule has 0 bridgehead atoms. The number of anilines is 1. The second-order valence-electron chi connectivity index (χ2n) is 8.36. The molecule has 32 heavy (non-hydrogen) atoms. The van der Waals surface area contributed by atoms with Crippen molar-refractivity contribution in [3.05, 3.63) is 58.9 Å². The number of unbranched alkanes of at least 4 members (excludes halogenated alkanes) is 1. The molecular formula is C25H30N4O3. The Hall–Kier alpha value is -3.03. The van der Waals surface area contributed by atoms with Gasteiger partial charge in [-0.1, -0.05) is 30.3 Å². The fourth-order valence-electron chi connectivity index (χ4n) is 4.26. The van der Waals surface area contributed by atoms with Crippen LogP contribution in [0.1, 0.15) is 32.1 Å². The van der Waals surface area contributed by atoms with Crippen LogP contribution in [-0.2, 0) is 9.53 Å². The third-order valence-electron chi connectivity index (χ3n) is 6.09. The lowest BCUT2D eigenvalue weighted by molar-refractivity contribution is -0.116. The number of rotatable bonds is 8. The van der Waals surface area contributed by atoms with Gasteiger partial charge < -0.3 is 15.0 Å². The number of carbonyl (C=O) groups excluding carboxylic acids is 1. The molecule has 1 aliphatic heterocycles. The Morgan fingerprint density at radius 1 is 1.12 bits per heavy atom. The van der Waals surface area contributed by atoms with E-state index in [1.807, 2.05) is 42.5 Å². The summed E-state index contributed by atoms with van der Waals surface area (Å²) in [6.45, 7) is 2.69. The van der Waals surface area contributed by atoms with Crippen molar-refractivity contribution in [3.63, 3.8) is 0 Å². The molecule has 7 heteroatoms. The number of nitrogens with one attached hydrogen (secondary N) is 2. The van der Waals surface area contributed by atoms with Gasteiger partial charge in [-0.05, 0) is 57.5 Å². The molecule has 0 unspecified atom stereocenters. The van der Waals surface area contributed by atoms with E-state index in [-0.39, 0.29) is 11.5 Å². The number of H-pyrrole nitrogens is 1. The van der Waals surface area contributed by atoms with Gasteiger partial charge in [0.05, 0.1) is 11.1 Å². The summed E-state index contributed by atoms with van der Waals surface area (Å²) in [6, 6.07) is 15.6. The van der Waals surface area contributed by atoms with Crippen molar-refractivity contribution in [1.82, 2.24) is 15.1 Å². The molecule has 0 spiro atoms. The summed E-state index contributed by atoms with van der Waals surface area (Å²) in [4.78, 5) is 26.9. The molecule has 0 aliphatic carbocycles. The van der Waals surface area contributed by atoms with E-state index in [0.717, 1.165) is 62.1 Å². The van der Waals surface area contributed by atoms with Gasteiger partial charge in [0.2, 0.25) is 5.91 Å². The van der Waals surface area contributed by atoms with Gasteiger partial charge in [0, 0.05) is 42.3 Å². The number of ether oxygens (including phenoxy) is 1. The number of aromatic amines is 1. The van der Waals surface area contributed by atoms with Crippen LogP contribution in [0.5, 0.6) is 0 Å². The van der Waals surface area contributed by atoms with Crippen molar-refractivity contribution < 1.29 is 9.53 Å². The van der Waals surface area contributed by atoms with Crippen LogP contribution in [0.25, 0.3) is 22.0 Å². The van der Waals surface area contributed by atoms with Crippen LogP contribution in [0.15, 0.2) is 53.3 Å². The van der Waals surface area contributed by atoms with Gasteiger partial charge in [-0.15, -0.1) is 0 Å². The van der Waals surface area contributed by atoms with Crippen molar-refractivity contribution in [2.75, 3.05) is 32.1 Å². The second kappa shape index (κ2) is 10.5. The van der Waals surface area contributed by atoms with E-state index in [1.54, 1.807) is 6.07 Å². The molecule has 1 fully saturated rings. The Labute approximate surface area is 187 Å². The van der Waals surface area contributed by atoms with Crippen LogP contribution in [0.2, 0.25) is 0 Å². The van der Waals surface area contributed by atoms with Crippen molar-refractivity contribution in [3.8, 4) is 11.3 Å². The molecule has 0 radical (unpaired) electrons. The number of hydrogen-bond acceptors (Lipinski definition) is 5. The predicted molar refractivity (Wildman–Crippen MR) is 127 cm³/mol. The first kappa shape index (κ1) is 22.2. The summed E-state index contributed by atoms with van der Waals surface area (Å²) in [5.74, 6) is 0.00940. The first-order valence-electron chi connectivity index (χ1n) is 11.3. The van der Waals surface area contributed by atoms with Gasteiger partial charge in [-0.3, -0.25) is 9.59 Å². The van der Waals surface area contributed by atoms with Gasteiger partial charge in [0.15, 0.2) is 0 Å². The first-order valence-corrected chi connectivity index (χ1v) is 11.3. The molecule has 1 amide bonds. The monoisotopic (exact) mass is 434 g/mol. The maximum absolute atomic E-state index is 12.5. The first-order chi connectivity index (χ1) is 15.6. The lowest BCUT2D eigenvalue weighted by Gasteiger charge is -2.31. The normalized spacial score (nSPS) is 14.7. The van der Waals surface area contributed by atoms with E-state index in [0.29, 0.717) is 23.5 Å². The topological polar surface area (TPSA) is 87.3 Å². The zero-order valence-corrected chi connectivity index (χ0v) is 18.5. The Morgan fingerprint density at radius 2 is 1.91 bits per heavy atom. The van der Waals surface area contributed by atoms with Crippen LogP contribution in [0.4, 0.5) is 5.69 Å². The molecule has 1 aromatic heterocycles. The van der Waals surface area contributed by atoms with E-state index in [9.17, 15) is 9.59 Å². The van der Waals surface area contributed by atoms with E-state index < -0.39 is 0 Å². The van der Waals surface area contributed by atoms with Crippen LogP contribution >= 0.6 is 0 Å². The summed E-state index contributed by atoms with van der Waals surface area (Å²) in [7, 11) is 2.16. The molecule has 2 aromatic carbocycles. The van der Waals surface area contributed by atoms with Crippen molar-refractivity contribution in [1.29, 1.82) is 0 Å². The third-order valence-corrected chi connectivity index (χ3v) is 6.09. The van der Waals surface area contributed by atoms with Crippen LogP contribution in [0, 0.1) is 0 Å². The van der Waals surface area contributed by atoms with Crippen molar-refractivity contribution in [2.45, 2.75) is 38.1 Å². The lowest BCUT2D eigenvalue weighted by atomic mass is 10.0. The number of amides is 1. The van der Waals surface area contributed by atoms with Crippen LogP contribution in [-0.4, -0.2) is 53.9 Å². The van der Waals surface area contributed by atoms with Crippen molar-refractivity contribution >= 4 is 22.4 Å². The SMILES string of the molecule is CN(CCCCC(=O)Nc1cccc(-c2n[nH]c(=O)c3ccccc23)c1)C1CCOCC1. The minimum absolute atomic E-state index is 0.00940. The smallest absolute Gasteiger partial charge is 0.272 e. The van der Waals surface area contributed by atoms with E-state index in [4.69, 9.17) is 4.74 Å². The fraction of sp³-hybridized carbons (Fsp3) is 0.400. The predicted octanol–water partition coefficient (Wildman–Crippen LogP) is 3.81. The molecule has 3 aromatic rings. The maximum Gasteiger partial charge on any atom is 0.272 e. The zero-order chi connectivity index (χ0) is 22.3. The Kier molecular flexibility index (Phi) is 7.29. The molecule has 1 saturated heterocycles. The Bertz CT molecular complexity index is 1120. The fourth-order valence-corrected chi connectivity index (χ4v) is 4.26. The molecule has 0 atom stereocenters. The van der Waals surface area contributed by atoms with Gasteiger partial charge in [-0.2, -0.15) is 5.10 Å². The highest BCUT2D eigenvalue weighted by atomic mass is 16.5. The largest absolute Gasteiger partial charge is 0.381 e. The molecule has 4 rings (SSSR count). The van der Waals surface area contributed by atoms with Gasteiger partial charge >= 0.3 is 0 Å². The minimum atomic E-state index is -0.212. The number of aromatic nitrogens is 2. The van der Waals surface area contributed by atoms with E-state index in [2.05, 4.69) is 27.5 Å². The van der Waals surface area contributed by atoms with Gasteiger partial charge in [-0.25, -0.2) is 5.10 Å². The summed E-state index contributed by atoms with van der Waals surface area (Å²) in [5.41, 5.74) is 2.04. The zero-order valence-electron chi connectivity index (χ0n) is 18.5. The third kappa shape index (κ3) is 5.41. The number of carbonyl (C=O) groups is 1. The summed E-state index contributed by atoms with van der Waals surface area (Å²) in [5, 5.41) is 11.2. The summed E-state index contributed by atoms with van der Waals surface area (Å²) >= 11 is 0. The molecule has 2 N–H and O–H groups in total. The standard InChI is InChI=1S/C25H30N4O3/c1-29(20-12-15-32-16-13-20)14-5-4-11-23(30)26-19-8-6-7-18(17-19)24-21-9-2-3-10-22(21)25(31)28-27-24/h2-3,6-10,17,20H,4-5,11-16H2,1H3,(H,26,30)(H,28,31). The van der Waals surface area contributed by atoms with E-state index in [1.165, 1.54) is 0 Å². The highest BCUT2D eigenvalue weighted by Gasteiger charge is 2.17. The number of benzene rings is 2. The minimum Gasteiger partial charge on any atom is -0.381 e.